The Kier molecular flexibility index (Phi) is 73.7. The van der Waals surface area contributed by atoms with Crippen molar-refractivity contribution in [2.45, 2.75) is 465 Å². The SMILES string of the molecule is CCCCCCCCCCCCCCCCCCCCC(=O)OC[C@H](COP(=O)(O)OC[C@@H](O)COP(=O)(O)OC[C@@H](COC(=O)CCCCCCCCCCC(C)C)OC(=O)CCCCCCCCCCCCCCCCC(C)C)OC(=O)CCCCCCCCCCCCCCCCCC(C)C. The van der Waals surface area contributed by atoms with Crippen LogP contribution in [0.25, 0.3) is 0 Å². The lowest BCUT2D eigenvalue weighted by Crippen LogP contribution is -2.30. The molecule has 5 atom stereocenters. The first-order valence-corrected chi connectivity index (χ1v) is 46.8. The van der Waals surface area contributed by atoms with Crippen LogP contribution in [0, 0.1) is 17.8 Å². The maximum atomic E-state index is 13.1. The molecule has 0 aromatic rings. The van der Waals surface area contributed by atoms with Gasteiger partial charge in [0.05, 0.1) is 26.4 Å². The first-order valence-electron chi connectivity index (χ1n) is 43.8. The standard InChI is InChI=1S/C85H166O17P2/c1-8-9-10-11-12-13-14-15-16-17-18-21-27-32-37-45-52-59-66-82(87)95-72-80(101-84(89)68-61-54-47-38-33-28-22-19-20-25-30-35-42-49-56-63-76(2)3)74-99-103(91,92)97-70-79(86)71-98-104(93,94)100-75-81(73-96-83(88)67-60-53-46-41-40-44-51-58-65-78(6)7)102-85(90)69-62-55-48-39-34-29-24-23-26-31-36-43-50-57-64-77(4)5/h76-81,86H,8-75H2,1-7H3,(H,91,92)(H,93,94)/t79-,80-,81-/m1/s1. The number of carbonyl (C=O) groups is 4. The number of aliphatic hydroxyl groups excluding tert-OH is 1. The van der Waals surface area contributed by atoms with Crippen LogP contribution in [0.5, 0.6) is 0 Å². The Morgan fingerprint density at radius 1 is 0.260 bits per heavy atom. The Labute approximate surface area is 638 Å². The van der Waals surface area contributed by atoms with Crippen LogP contribution >= 0.6 is 15.6 Å². The fraction of sp³-hybridized carbons (Fsp3) is 0.953. The summed E-state index contributed by atoms with van der Waals surface area (Å²) in [4.78, 5) is 73.2. The van der Waals surface area contributed by atoms with Crippen LogP contribution in [0.15, 0.2) is 0 Å². The lowest BCUT2D eigenvalue weighted by Gasteiger charge is -2.21. The number of phosphoric acid groups is 2. The van der Waals surface area contributed by atoms with Crippen LogP contribution in [-0.2, 0) is 65.4 Å². The number of hydrogen-bond donors (Lipinski definition) is 3. The molecule has 0 fully saturated rings. The van der Waals surface area contributed by atoms with Crippen molar-refractivity contribution < 1.29 is 80.2 Å². The summed E-state index contributed by atoms with van der Waals surface area (Å²) in [5.41, 5.74) is 0. The molecule has 0 aliphatic carbocycles. The molecule has 618 valence electrons. The van der Waals surface area contributed by atoms with Gasteiger partial charge >= 0.3 is 39.5 Å². The molecule has 0 amide bonds. The van der Waals surface area contributed by atoms with Crippen LogP contribution < -0.4 is 0 Å². The highest BCUT2D eigenvalue weighted by atomic mass is 31.2. The van der Waals surface area contributed by atoms with Crippen LogP contribution in [0.1, 0.15) is 447 Å². The van der Waals surface area contributed by atoms with E-state index in [0.717, 1.165) is 108 Å². The third-order valence-corrected chi connectivity index (χ3v) is 21.8. The maximum Gasteiger partial charge on any atom is 0.472 e. The van der Waals surface area contributed by atoms with Gasteiger partial charge in [-0.15, -0.1) is 0 Å². The lowest BCUT2D eigenvalue weighted by molar-refractivity contribution is -0.161. The number of esters is 4. The van der Waals surface area contributed by atoms with Gasteiger partial charge in [-0.2, -0.15) is 0 Å². The van der Waals surface area contributed by atoms with Gasteiger partial charge in [-0.3, -0.25) is 37.3 Å². The number of phosphoric ester groups is 2. The summed E-state index contributed by atoms with van der Waals surface area (Å²) in [5, 5.41) is 10.7. The minimum Gasteiger partial charge on any atom is -0.462 e. The minimum absolute atomic E-state index is 0.107. The molecule has 0 rings (SSSR count). The topological polar surface area (TPSA) is 237 Å². The molecule has 0 heterocycles. The summed E-state index contributed by atoms with van der Waals surface area (Å²) in [6.45, 7) is 12.0. The zero-order valence-corrected chi connectivity index (χ0v) is 70.3. The highest BCUT2D eigenvalue weighted by Crippen LogP contribution is 2.45. The molecule has 2 unspecified atom stereocenters. The van der Waals surface area contributed by atoms with Crippen molar-refractivity contribution in [3.63, 3.8) is 0 Å². The minimum atomic E-state index is -4.97. The van der Waals surface area contributed by atoms with Gasteiger partial charge < -0.3 is 33.8 Å². The van der Waals surface area contributed by atoms with Crippen molar-refractivity contribution >= 4 is 39.5 Å². The van der Waals surface area contributed by atoms with Crippen LogP contribution in [-0.4, -0.2) is 96.7 Å². The van der Waals surface area contributed by atoms with Crippen molar-refractivity contribution in [3.05, 3.63) is 0 Å². The van der Waals surface area contributed by atoms with E-state index < -0.39 is 97.5 Å². The summed E-state index contributed by atoms with van der Waals surface area (Å²) in [6, 6.07) is 0. The van der Waals surface area contributed by atoms with Crippen molar-refractivity contribution in [2.75, 3.05) is 39.6 Å². The van der Waals surface area contributed by atoms with Gasteiger partial charge in [-0.1, -0.05) is 395 Å². The summed E-state index contributed by atoms with van der Waals surface area (Å²) < 4.78 is 68.9. The number of carbonyl (C=O) groups excluding carboxylic acids is 4. The average molecular weight is 1520 g/mol. The highest BCUT2D eigenvalue weighted by Gasteiger charge is 2.30. The quantitative estimate of drug-likeness (QED) is 0.0222. The Hall–Kier alpha value is -1.94. The van der Waals surface area contributed by atoms with Gasteiger partial charge in [-0.25, -0.2) is 9.13 Å². The first kappa shape index (κ1) is 102. The molecule has 104 heavy (non-hydrogen) atoms. The fourth-order valence-electron chi connectivity index (χ4n) is 13.2. The predicted molar refractivity (Wildman–Crippen MR) is 428 cm³/mol. The predicted octanol–water partition coefficient (Wildman–Crippen LogP) is 25.7. The van der Waals surface area contributed by atoms with Crippen molar-refractivity contribution in [2.24, 2.45) is 17.8 Å². The number of unbranched alkanes of at least 4 members (excludes halogenated alkanes) is 51. The van der Waals surface area contributed by atoms with Crippen molar-refractivity contribution in [3.8, 4) is 0 Å². The second-order valence-electron chi connectivity index (χ2n) is 32.0. The third kappa shape index (κ3) is 78.2. The molecule has 19 heteroatoms. The highest BCUT2D eigenvalue weighted by molar-refractivity contribution is 7.47. The van der Waals surface area contributed by atoms with Crippen molar-refractivity contribution in [1.29, 1.82) is 0 Å². The third-order valence-electron chi connectivity index (χ3n) is 19.9. The van der Waals surface area contributed by atoms with Gasteiger partial charge in [0, 0.05) is 25.7 Å². The molecule has 0 aromatic heterocycles. The Balaban J connectivity index is 5.25. The summed E-state index contributed by atoms with van der Waals surface area (Å²) in [6.07, 6.45) is 65.2. The molecule has 0 saturated carbocycles. The van der Waals surface area contributed by atoms with Gasteiger partial charge in [0.1, 0.15) is 19.3 Å². The van der Waals surface area contributed by atoms with E-state index in [9.17, 15) is 43.2 Å². The van der Waals surface area contributed by atoms with E-state index in [4.69, 9.17) is 37.0 Å². The molecule has 3 N–H and O–H groups in total. The van der Waals surface area contributed by atoms with E-state index in [1.54, 1.807) is 0 Å². The molecule has 0 spiro atoms. The van der Waals surface area contributed by atoms with Crippen LogP contribution in [0.3, 0.4) is 0 Å². The molecular weight excluding hydrogens is 1350 g/mol. The number of rotatable bonds is 83. The average Bonchev–Trinajstić information content (AvgIpc) is 0.910. The molecule has 0 aromatic carbocycles. The van der Waals surface area contributed by atoms with Gasteiger partial charge in [0.25, 0.3) is 0 Å². The monoisotopic (exact) mass is 1520 g/mol. The molecule has 0 bridgehead atoms. The molecule has 0 aliphatic heterocycles. The van der Waals surface area contributed by atoms with Crippen LogP contribution in [0.4, 0.5) is 0 Å². The van der Waals surface area contributed by atoms with E-state index in [2.05, 4.69) is 48.5 Å². The molecule has 0 radical (unpaired) electrons. The van der Waals surface area contributed by atoms with E-state index in [-0.39, 0.29) is 25.7 Å². The Morgan fingerprint density at radius 2 is 0.442 bits per heavy atom. The zero-order chi connectivity index (χ0) is 76.5. The van der Waals surface area contributed by atoms with Crippen molar-refractivity contribution in [1.82, 2.24) is 0 Å². The van der Waals surface area contributed by atoms with E-state index in [1.165, 1.54) is 257 Å². The maximum absolute atomic E-state index is 13.1. The smallest absolute Gasteiger partial charge is 0.462 e. The first-order chi connectivity index (χ1) is 50.2. The number of ether oxygens (including phenoxy) is 4. The second kappa shape index (κ2) is 75.1. The molecule has 0 saturated heterocycles. The molecule has 17 nitrogen and oxygen atoms in total. The summed E-state index contributed by atoms with van der Waals surface area (Å²) in [7, 11) is -9.93. The largest absolute Gasteiger partial charge is 0.472 e. The zero-order valence-electron chi connectivity index (χ0n) is 68.5. The van der Waals surface area contributed by atoms with E-state index >= 15 is 0 Å². The summed E-state index contributed by atoms with van der Waals surface area (Å²) >= 11 is 0. The second-order valence-corrected chi connectivity index (χ2v) is 34.9. The Bertz CT molecular complexity index is 2010. The fourth-order valence-corrected chi connectivity index (χ4v) is 14.8. The van der Waals surface area contributed by atoms with Gasteiger partial charge in [0.2, 0.25) is 0 Å². The van der Waals surface area contributed by atoms with E-state index in [0.29, 0.717) is 25.7 Å². The Morgan fingerprint density at radius 3 is 0.654 bits per heavy atom. The van der Waals surface area contributed by atoms with Gasteiger partial charge in [-0.05, 0) is 43.4 Å². The van der Waals surface area contributed by atoms with Gasteiger partial charge in [0.15, 0.2) is 12.2 Å². The number of hydrogen-bond acceptors (Lipinski definition) is 15. The lowest BCUT2D eigenvalue weighted by atomic mass is 10.0. The van der Waals surface area contributed by atoms with Crippen LogP contribution in [0.2, 0.25) is 0 Å². The summed E-state index contributed by atoms with van der Waals surface area (Å²) in [5.74, 6) is 0.218. The number of aliphatic hydroxyl groups is 1. The molecule has 0 aliphatic rings. The van der Waals surface area contributed by atoms with E-state index in [1.807, 2.05) is 0 Å². The molecular formula is C85H166O17P2. The normalized spacial score (nSPS) is 13.9.